The molecule has 0 unspecified atom stereocenters. The Morgan fingerprint density at radius 1 is 0.923 bits per heavy atom. The van der Waals surface area contributed by atoms with E-state index in [4.69, 9.17) is 0 Å². The van der Waals surface area contributed by atoms with Crippen LogP contribution in [0.2, 0.25) is 6.55 Å². The number of benzene rings is 2. The van der Waals surface area contributed by atoms with E-state index in [1.807, 2.05) is 20.8 Å². The van der Waals surface area contributed by atoms with Gasteiger partial charge in [-0.25, -0.2) is 8.93 Å². The van der Waals surface area contributed by atoms with E-state index in [0.717, 1.165) is 6.42 Å². The van der Waals surface area contributed by atoms with Crippen LogP contribution in [0, 0.1) is 5.92 Å². The fourth-order valence-corrected chi connectivity index (χ4v) is 9.14. The molecule has 0 aliphatic rings. The molecule has 2 nitrogen and oxygen atoms in total. The third-order valence-corrected chi connectivity index (χ3v) is 11.6. The van der Waals surface area contributed by atoms with Crippen LogP contribution in [-0.2, 0) is 11.0 Å². The van der Waals surface area contributed by atoms with Gasteiger partial charge in [-0.1, -0.05) is 91.4 Å². The lowest BCUT2D eigenvalue weighted by molar-refractivity contribution is 0.536. The van der Waals surface area contributed by atoms with Crippen LogP contribution in [0.15, 0.2) is 60.7 Å². The summed E-state index contributed by atoms with van der Waals surface area (Å²) in [6, 6.07) is 21.6. The quantitative estimate of drug-likeness (QED) is 0.718. The molecule has 0 saturated heterocycles. The minimum Gasteiger partial charge on any atom is -0.242 e. The van der Waals surface area contributed by atoms with Crippen LogP contribution < -0.4 is 15.1 Å². The maximum absolute atomic E-state index is 13.0. The van der Waals surface area contributed by atoms with Crippen LogP contribution >= 0.6 is 0 Å². The minimum atomic E-state index is -2.14. The van der Waals surface area contributed by atoms with Gasteiger partial charge in [0.2, 0.25) is 0 Å². The van der Waals surface area contributed by atoms with Crippen LogP contribution in [0.4, 0.5) is 0 Å². The van der Waals surface area contributed by atoms with E-state index in [1.165, 1.54) is 10.4 Å². The molecule has 0 heterocycles. The molecule has 2 aromatic carbocycles. The van der Waals surface area contributed by atoms with Crippen molar-refractivity contribution >= 4 is 29.4 Å². The van der Waals surface area contributed by atoms with Gasteiger partial charge in [0, 0.05) is 5.67 Å². The van der Waals surface area contributed by atoms with E-state index >= 15 is 0 Å². The summed E-state index contributed by atoms with van der Waals surface area (Å²) in [6.07, 6.45) is 1.01. The summed E-state index contributed by atoms with van der Waals surface area (Å²) >= 11 is 0. The van der Waals surface area contributed by atoms with Crippen molar-refractivity contribution < 1.29 is 4.21 Å². The number of nitrogens with one attached hydrogen (secondary N) is 1. The van der Waals surface area contributed by atoms with Crippen molar-refractivity contribution in [2.24, 2.45) is 5.92 Å². The van der Waals surface area contributed by atoms with Gasteiger partial charge in [-0.2, -0.15) is 0 Å². The smallest absolute Gasteiger partial charge is 0.132 e. The maximum atomic E-state index is 13.0. The molecule has 0 aliphatic carbocycles. The molecule has 0 amide bonds. The van der Waals surface area contributed by atoms with Gasteiger partial charge in [-0.05, 0) is 33.1 Å². The van der Waals surface area contributed by atoms with E-state index in [1.54, 1.807) is 0 Å². The molecular formula is C22H33NOSSi. The van der Waals surface area contributed by atoms with Gasteiger partial charge in [0.05, 0.1) is 15.7 Å². The average Bonchev–Trinajstić information content (AvgIpc) is 2.60. The molecule has 0 aromatic heterocycles. The maximum Gasteiger partial charge on any atom is 0.132 e. The first kappa shape index (κ1) is 21.1. The second kappa shape index (κ2) is 8.64. The lowest BCUT2D eigenvalue weighted by Crippen LogP contribution is -2.69. The van der Waals surface area contributed by atoms with Gasteiger partial charge in [0.1, 0.15) is 8.07 Å². The summed E-state index contributed by atoms with van der Waals surface area (Å²) in [5.41, 5.74) is 0.201. The largest absolute Gasteiger partial charge is 0.242 e. The predicted octanol–water partition coefficient (Wildman–Crippen LogP) is 3.89. The summed E-state index contributed by atoms with van der Waals surface area (Å²) in [5, 5.41) is 2.77. The van der Waals surface area contributed by atoms with Gasteiger partial charge in [0.25, 0.3) is 0 Å². The van der Waals surface area contributed by atoms with Crippen LogP contribution in [0.5, 0.6) is 0 Å². The van der Waals surface area contributed by atoms with Crippen LogP contribution in [0.3, 0.4) is 0 Å². The zero-order valence-corrected chi connectivity index (χ0v) is 18.8. The van der Waals surface area contributed by atoms with E-state index in [0.29, 0.717) is 5.92 Å². The van der Waals surface area contributed by atoms with Crippen molar-refractivity contribution in [2.75, 3.05) is 0 Å². The first-order chi connectivity index (χ1) is 12.2. The van der Waals surface area contributed by atoms with Gasteiger partial charge in [-0.15, -0.1) is 0 Å². The summed E-state index contributed by atoms with van der Waals surface area (Å²) in [6.45, 7) is 13.0. The lowest BCUT2D eigenvalue weighted by atomic mass is 10.1. The molecule has 4 heteroatoms. The normalized spacial score (nSPS) is 15.0. The summed E-state index contributed by atoms with van der Waals surface area (Å²) in [4.78, 5) is 0. The van der Waals surface area contributed by atoms with Crippen LogP contribution in [0.1, 0.15) is 41.0 Å². The van der Waals surface area contributed by atoms with Crippen molar-refractivity contribution in [1.82, 2.24) is 4.72 Å². The van der Waals surface area contributed by atoms with E-state index in [2.05, 4.69) is 85.8 Å². The standard InChI is InChI=1S/C22H33NOSSi/c1-18(2)17-21(23-25(24)22(3,4)5)26(6,19-13-9-7-10-14-19)20-15-11-8-12-16-20/h7-16,18,21,23H,17H2,1-6H3/t21-,25-/m1/s1. The molecule has 0 radical (unpaired) electrons. The molecule has 0 fully saturated rings. The zero-order chi connectivity index (χ0) is 19.4. The Hall–Kier alpha value is -1.23. The average molecular weight is 388 g/mol. The van der Waals surface area contributed by atoms with Gasteiger partial charge < -0.3 is 0 Å². The Bertz CT molecular complexity index is 670. The Morgan fingerprint density at radius 3 is 1.69 bits per heavy atom. The van der Waals surface area contributed by atoms with Gasteiger partial charge >= 0.3 is 0 Å². The molecule has 2 rings (SSSR count). The second-order valence-corrected chi connectivity index (χ2v) is 14.9. The summed E-state index contributed by atoms with van der Waals surface area (Å²) in [5.74, 6) is 0.531. The lowest BCUT2D eigenvalue weighted by Gasteiger charge is -2.39. The van der Waals surface area contributed by atoms with E-state index in [9.17, 15) is 4.21 Å². The predicted molar refractivity (Wildman–Crippen MR) is 118 cm³/mol. The molecule has 0 aliphatic heterocycles. The van der Waals surface area contributed by atoms with Gasteiger partial charge in [0.15, 0.2) is 0 Å². The molecule has 0 bridgehead atoms. The SMILES string of the molecule is CC(C)C[C@H](N[S@](=O)C(C)(C)C)[Si](C)(c1ccccc1)c1ccccc1. The number of hydrogen-bond acceptors (Lipinski definition) is 1. The molecule has 1 N–H and O–H groups in total. The van der Waals surface area contributed by atoms with Crippen molar-refractivity contribution in [3.8, 4) is 0 Å². The highest BCUT2D eigenvalue weighted by molar-refractivity contribution is 7.84. The highest BCUT2D eigenvalue weighted by atomic mass is 32.2. The molecule has 142 valence electrons. The fraction of sp³-hybridized carbons (Fsp3) is 0.455. The zero-order valence-electron chi connectivity index (χ0n) is 17.0. The van der Waals surface area contributed by atoms with Crippen LogP contribution in [-0.4, -0.2) is 22.7 Å². The number of rotatable bonds is 7. The van der Waals surface area contributed by atoms with Crippen molar-refractivity contribution in [3.05, 3.63) is 60.7 Å². The van der Waals surface area contributed by atoms with Crippen LogP contribution in [0.25, 0.3) is 0 Å². The van der Waals surface area contributed by atoms with E-state index < -0.39 is 19.1 Å². The third kappa shape index (κ3) is 4.93. The van der Waals surface area contributed by atoms with Crippen molar-refractivity contribution in [2.45, 2.75) is 58.0 Å². The molecule has 26 heavy (non-hydrogen) atoms. The van der Waals surface area contributed by atoms with Crippen molar-refractivity contribution in [3.63, 3.8) is 0 Å². The molecule has 0 saturated carbocycles. The first-order valence-electron chi connectivity index (χ1n) is 9.44. The Kier molecular flexibility index (Phi) is 7.00. The summed E-state index contributed by atoms with van der Waals surface area (Å²) < 4.78 is 16.3. The Balaban J connectivity index is 2.57. The first-order valence-corrected chi connectivity index (χ1v) is 13.2. The highest BCUT2D eigenvalue weighted by Crippen LogP contribution is 2.20. The van der Waals surface area contributed by atoms with E-state index in [-0.39, 0.29) is 10.4 Å². The minimum absolute atomic E-state index is 0.201. The monoisotopic (exact) mass is 387 g/mol. The highest BCUT2D eigenvalue weighted by Gasteiger charge is 2.42. The van der Waals surface area contributed by atoms with Crippen molar-refractivity contribution in [1.29, 1.82) is 0 Å². The Morgan fingerprint density at radius 2 is 1.35 bits per heavy atom. The number of hydrogen-bond donors (Lipinski definition) is 1. The third-order valence-electron chi connectivity index (χ3n) is 4.96. The fourth-order valence-electron chi connectivity index (χ4n) is 3.32. The molecular weight excluding hydrogens is 354 g/mol. The molecule has 2 aromatic rings. The topological polar surface area (TPSA) is 29.1 Å². The molecule has 2 atom stereocenters. The molecule has 0 spiro atoms. The van der Waals surface area contributed by atoms with Gasteiger partial charge in [-0.3, -0.25) is 0 Å². The Labute approximate surface area is 163 Å². The second-order valence-electron chi connectivity index (χ2n) is 8.62. The summed E-state index contributed by atoms with van der Waals surface area (Å²) in [7, 11) is -3.23.